The SMILES string of the molecule is CC(C)c1cc(C(C)C)c(B2c3ccccc3Sc3cc(-n4c5ccc(CC(C)c6cc(C(C)C)c(B7c8ccccc8Sc8cc(-n9c%10ccccc%10c%10sc%11ccccc%11c%109)ccc87)c(C(C)C)c6)cc5c5c4c4ccccc4n5-c4ccccc4)ccc32)c(C(C)C)c1. The summed E-state index contributed by atoms with van der Waals surface area (Å²) in [5, 5.41) is 5.15. The summed E-state index contributed by atoms with van der Waals surface area (Å²) in [5.41, 5.74) is 29.7. The van der Waals surface area contributed by atoms with Crippen molar-refractivity contribution in [3.05, 3.63) is 269 Å². The minimum Gasteiger partial charge on any atom is -0.308 e. The molecule has 96 heavy (non-hydrogen) atoms. The van der Waals surface area contributed by atoms with E-state index in [9.17, 15) is 0 Å². The molecule has 0 amide bonds. The lowest BCUT2D eigenvalue weighted by molar-refractivity contribution is 0.747. The fourth-order valence-electron chi connectivity index (χ4n) is 16.6. The summed E-state index contributed by atoms with van der Waals surface area (Å²) < 4.78 is 10.4. The van der Waals surface area contributed by atoms with E-state index in [2.05, 4.69) is 320 Å². The standard InChI is InChI=1S/C88H79B2N3S3/c1-51(2)58-45-66(52(3)4)83(67(46-58)53(5)6)89-71-30-18-23-35-79(71)94-81-49-61(38-40-73(81)89)92-77-42-37-57(44-70(77)86-85(92)63-27-15-20-32-75(63)91(86)60-25-13-12-14-26-60)43-56(11)59-47-68(54(7)8)84(69(48-59)55(9)10)90-72-31-19-24-36-80(72)95-82-50-62(39-41-74(82)90)93-76-33-21-16-28-64(76)88-87(93)65-29-17-22-34-78(65)96-88/h12-42,44-56H,43H2,1-11H3. The lowest BCUT2D eigenvalue weighted by Crippen LogP contribution is -2.57. The van der Waals surface area contributed by atoms with Gasteiger partial charge in [0.1, 0.15) is 0 Å². The van der Waals surface area contributed by atoms with Gasteiger partial charge in [-0.05, 0) is 160 Å². The van der Waals surface area contributed by atoms with Gasteiger partial charge in [0.05, 0.1) is 37.8 Å². The van der Waals surface area contributed by atoms with E-state index in [1.54, 1.807) is 0 Å². The first-order valence-corrected chi connectivity index (χ1v) is 37.3. The largest absolute Gasteiger partial charge is 0.308 e. The molecule has 2 aliphatic rings. The van der Waals surface area contributed by atoms with Crippen LogP contribution in [0.2, 0.25) is 0 Å². The van der Waals surface area contributed by atoms with Crippen LogP contribution in [0.5, 0.6) is 0 Å². The number of aromatic nitrogens is 3. The molecule has 0 spiro atoms. The number of para-hydroxylation sites is 3. The Morgan fingerprint density at radius 1 is 0.323 bits per heavy atom. The van der Waals surface area contributed by atoms with Crippen molar-refractivity contribution in [1.82, 2.24) is 13.7 Å². The van der Waals surface area contributed by atoms with Crippen molar-refractivity contribution < 1.29 is 0 Å². The van der Waals surface area contributed by atoms with Crippen molar-refractivity contribution in [2.24, 2.45) is 0 Å². The summed E-state index contributed by atoms with van der Waals surface area (Å²) >= 11 is 5.79. The molecule has 11 aromatic carbocycles. The summed E-state index contributed by atoms with van der Waals surface area (Å²) in [5.74, 6) is 2.06. The first kappa shape index (κ1) is 61.0. The molecule has 0 aliphatic carbocycles. The second kappa shape index (κ2) is 23.9. The maximum atomic E-state index is 2.62. The van der Waals surface area contributed by atoms with Crippen LogP contribution in [0.15, 0.2) is 250 Å². The Kier molecular flexibility index (Phi) is 15.2. The normalized spacial score (nSPS) is 13.5. The van der Waals surface area contributed by atoms with Gasteiger partial charge in [0, 0.05) is 62.9 Å². The zero-order chi connectivity index (χ0) is 65.5. The van der Waals surface area contributed by atoms with Crippen LogP contribution in [-0.2, 0) is 6.42 Å². The van der Waals surface area contributed by atoms with Gasteiger partial charge in [-0.2, -0.15) is 0 Å². The van der Waals surface area contributed by atoms with Crippen LogP contribution < -0.4 is 32.8 Å². The van der Waals surface area contributed by atoms with E-state index in [1.807, 2.05) is 34.9 Å². The van der Waals surface area contributed by atoms with Crippen LogP contribution in [0, 0.1) is 0 Å². The van der Waals surface area contributed by atoms with E-state index in [0.29, 0.717) is 29.6 Å². The maximum absolute atomic E-state index is 2.62. The maximum Gasteiger partial charge on any atom is 0.244 e. The van der Waals surface area contributed by atoms with Crippen LogP contribution >= 0.6 is 34.9 Å². The third-order valence-electron chi connectivity index (χ3n) is 21.2. The Bertz CT molecular complexity index is 5550. The molecule has 17 rings (SSSR count). The Morgan fingerprint density at radius 2 is 0.760 bits per heavy atom. The number of thiophene rings is 1. The van der Waals surface area contributed by atoms with Crippen molar-refractivity contribution in [3.8, 4) is 17.1 Å². The van der Waals surface area contributed by atoms with E-state index in [4.69, 9.17) is 0 Å². The highest BCUT2D eigenvalue weighted by Crippen LogP contribution is 2.46. The molecule has 6 heterocycles. The summed E-state index contributed by atoms with van der Waals surface area (Å²) in [7, 11) is 0. The van der Waals surface area contributed by atoms with E-state index >= 15 is 0 Å². The van der Waals surface area contributed by atoms with Crippen LogP contribution in [0.25, 0.3) is 81.1 Å². The van der Waals surface area contributed by atoms with Crippen LogP contribution in [0.1, 0.15) is 151 Å². The topological polar surface area (TPSA) is 14.8 Å². The van der Waals surface area contributed by atoms with Gasteiger partial charge in [0.2, 0.25) is 13.4 Å². The predicted octanol–water partition coefficient (Wildman–Crippen LogP) is 21.0. The number of hydrogen-bond donors (Lipinski definition) is 0. The molecular weight excluding hydrogens is 1220 g/mol. The molecule has 4 aromatic heterocycles. The third-order valence-corrected chi connectivity index (χ3v) is 24.8. The van der Waals surface area contributed by atoms with Gasteiger partial charge >= 0.3 is 0 Å². The zero-order valence-corrected chi connectivity index (χ0v) is 59.3. The lowest BCUT2D eigenvalue weighted by atomic mass is 9.34. The lowest BCUT2D eigenvalue weighted by Gasteiger charge is -2.32. The van der Waals surface area contributed by atoms with Gasteiger partial charge in [0.25, 0.3) is 0 Å². The smallest absolute Gasteiger partial charge is 0.244 e. The average Bonchev–Trinajstić information content (AvgIpc) is 1.53. The number of fused-ring (bicyclic) bond motifs is 14. The molecule has 0 saturated heterocycles. The van der Waals surface area contributed by atoms with Gasteiger partial charge in [-0.3, -0.25) is 0 Å². The van der Waals surface area contributed by atoms with Gasteiger partial charge in [0.15, 0.2) is 0 Å². The number of hydrogen-bond acceptors (Lipinski definition) is 3. The van der Waals surface area contributed by atoms with Gasteiger partial charge < -0.3 is 13.7 Å². The molecular formula is C88H79B2N3S3. The molecule has 0 radical (unpaired) electrons. The highest BCUT2D eigenvalue weighted by Gasteiger charge is 2.39. The molecule has 2 aliphatic heterocycles. The monoisotopic (exact) mass is 1300 g/mol. The summed E-state index contributed by atoms with van der Waals surface area (Å²) in [6.07, 6.45) is 0.906. The third kappa shape index (κ3) is 9.77. The first-order chi connectivity index (χ1) is 46.7. The Morgan fingerprint density at radius 3 is 1.32 bits per heavy atom. The second-order valence-electron chi connectivity index (χ2n) is 28.9. The molecule has 15 aromatic rings. The Balaban J connectivity index is 0.791. The predicted molar refractivity (Wildman–Crippen MR) is 420 cm³/mol. The van der Waals surface area contributed by atoms with E-state index in [1.165, 1.54) is 172 Å². The Labute approximate surface area is 578 Å². The zero-order valence-electron chi connectivity index (χ0n) is 56.8. The summed E-state index contributed by atoms with van der Waals surface area (Å²) in [4.78, 5) is 5.35. The summed E-state index contributed by atoms with van der Waals surface area (Å²) in [6, 6.07) is 89.1. The van der Waals surface area contributed by atoms with E-state index in [0.717, 1.165) is 6.42 Å². The molecule has 1 atom stereocenters. The Hall–Kier alpha value is -8.65. The fourth-order valence-corrected chi connectivity index (χ4v) is 20.2. The molecule has 0 bridgehead atoms. The minimum atomic E-state index is 0.0858. The number of benzene rings is 11. The van der Waals surface area contributed by atoms with Crippen LogP contribution in [0.3, 0.4) is 0 Å². The highest BCUT2D eigenvalue weighted by atomic mass is 32.2. The molecule has 470 valence electrons. The van der Waals surface area contributed by atoms with Gasteiger partial charge in [-0.1, -0.05) is 284 Å². The number of rotatable bonds is 13. The van der Waals surface area contributed by atoms with E-state index in [-0.39, 0.29) is 19.3 Å². The summed E-state index contributed by atoms with van der Waals surface area (Å²) in [6.45, 7) is 26.6. The van der Waals surface area contributed by atoms with Crippen molar-refractivity contribution in [2.45, 2.75) is 138 Å². The van der Waals surface area contributed by atoms with Crippen molar-refractivity contribution in [3.63, 3.8) is 0 Å². The second-order valence-corrected chi connectivity index (χ2v) is 32.1. The molecule has 1 unspecified atom stereocenters. The highest BCUT2D eigenvalue weighted by molar-refractivity contribution is 8.00. The quantitative estimate of drug-likeness (QED) is 0.107. The van der Waals surface area contributed by atoms with Gasteiger partial charge in [-0.25, -0.2) is 0 Å². The molecule has 0 N–H and O–H groups in total. The molecule has 0 fully saturated rings. The molecule has 8 heteroatoms. The van der Waals surface area contributed by atoms with Crippen molar-refractivity contribution >= 4 is 145 Å². The van der Waals surface area contributed by atoms with Crippen LogP contribution in [-0.4, -0.2) is 27.1 Å². The fraction of sp³-hybridized carbons (Fsp3) is 0.205. The first-order valence-electron chi connectivity index (χ1n) is 34.9. The van der Waals surface area contributed by atoms with Crippen molar-refractivity contribution in [2.75, 3.05) is 0 Å². The van der Waals surface area contributed by atoms with E-state index < -0.39 is 0 Å². The minimum absolute atomic E-state index is 0.0858. The van der Waals surface area contributed by atoms with Gasteiger partial charge in [-0.15, -0.1) is 11.3 Å². The number of nitrogens with zero attached hydrogens (tertiary/aromatic N) is 3. The molecule has 3 nitrogen and oxygen atoms in total. The van der Waals surface area contributed by atoms with Crippen LogP contribution in [0.4, 0.5) is 0 Å². The average molecular weight is 1300 g/mol. The molecule has 0 saturated carbocycles. The van der Waals surface area contributed by atoms with Crippen molar-refractivity contribution in [1.29, 1.82) is 0 Å².